The Balaban J connectivity index is 1.96. The molecule has 1 saturated heterocycles. The van der Waals surface area contributed by atoms with E-state index in [9.17, 15) is 0 Å². The van der Waals surface area contributed by atoms with Crippen LogP contribution in [0.25, 0.3) is 0 Å². The predicted molar refractivity (Wildman–Crippen MR) is 86.6 cm³/mol. The van der Waals surface area contributed by atoms with Gasteiger partial charge in [0.15, 0.2) is 0 Å². The SMILES string of the molecule is Cc1ccccc1C(CNC(C)C)OCC1CCOCC1. The third kappa shape index (κ3) is 5.42. The molecule has 1 aromatic rings. The lowest BCUT2D eigenvalue weighted by Gasteiger charge is -2.27. The molecule has 1 aliphatic heterocycles. The highest BCUT2D eigenvalue weighted by molar-refractivity contribution is 5.28. The minimum atomic E-state index is 0.136. The minimum Gasteiger partial charge on any atom is -0.381 e. The highest BCUT2D eigenvalue weighted by atomic mass is 16.5. The van der Waals surface area contributed by atoms with Gasteiger partial charge in [0, 0.05) is 25.8 Å². The molecule has 1 aliphatic rings. The molecule has 1 unspecified atom stereocenters. The molecule has 0 spiro atoms. The van der Waals surface area contributed by atoms with Gasteiger partial charge in [-0.15, -0.1) is 0 Å². The monoisotopic (exact) mass is 291 g/mol. The fourth-order valence-electron chi connectivity index (χ4n) is 2.71. The number of aryl methyl sites for hydroxylation is 1. The molecular weight excluding hydrogens is 262 g/mol. The van der Waals surface area contributed by atoms with Crippen LogP contribution in [-0.2, 0) is 9.47 Å². The smallest absolute Gasteiger partial charge is 0.0951 e. The average molecular weight is 291 g/mol. The molecular formula is C18H29NO2. The van der Waals surface area contributed by atoms with Crippen LogP contribution >= 0.6 is 0 Å². The lowest BCUT2D eigenvalue weighted by molar-refractivity contribution is -0.0121. The van der Waals surface area contributed by atoms with Crippen molar-refractivity contribution in [2.24, 2.45) is 5.92 Å². The third-order valence-corrected chi connectivity index (χ3v) is 4.12. The number of nitrogens with one attached hydrogen (secondary N) is 1. The van der Waals surface area contributed by atoms with Gasteiger partial charge in [-0.3, -0.25) is 0 Å². The van der Waals surface area contributed by atoms with Crippen LogP contribution in [0.3, 0.4) is 0 Å². The van der Waals surface area contributed by atoms with Gasteiger partial charge in [0.25, 0.3) is 0 Å². The first-order valence-corrected chi connectivity index (χ1v) is 8.15. The van der Waals surface area contributed by atoms with Gasteiger partial charge in [0.2, 0.25) is 0 Å². The molecule has 1 heterocycles. The van der Waals surface area contributed by atoms with Crippen LogP contribution in [0.15, 0.2) is 24.3 Å². The minimum absolute atomic E-state index is 0.136. The Labute approximate surface area is 129 Å². The predicted octanol–water partition coefficient (Wildman–Crippen LogP) is 3.48. The van der Waals surface area contributed by atoms with Crippen LogP contribution in [0.4, 0.5) is 0 Å². The van der Waals surface area contributed by atoms with Crippen LogP contribution < -0.4 is 5.32 Å². The molecule has 21 heavy (non-hydrogen) atoms. The third-order valence-electron chi connectivity index (χ3n) is 4.12. The van der Waals surface area contributed by atoms with Crippen molar-refractivity contribution in [3.05, 3.63) is 35.4 Å². The molecule has 0 amide bonds. The van der Waals surface area contributed by atoms with E-state index >= 15 is 0 Å². The number of hydrogen-bond acceptors (Lipinski definition) is 3. The summed E-state index contributed by atoms with van der Waals surface area (Å²) in [5.41, 5.74) is 2.61. The van der Waals surface area contributed by atoms with Gasteiger partial charge in [0.05, 0.1) is 12.7 Å². The molecule has 1 N–H and O–H groups in total. The largest absolute Gasteiger partial charge is 0.381 e. The highest BCUT2D eigenvalue weighted by Gasteiger charge is 2.19. The second-order valence-corrected chi connectivity index (χ2v) is 6.30. The molecule has 0 saturated carbocycles. The summed E-state index contributed by atoms with van der Waals surface area (Å²) in [6.07, 6.45) is 2.38. The van der Waals surface area contributed by atoms with Crippen molar-refractivity contribution < 1.29 is 9.47 Å². The lowest BCUT2D eigenvalue weighted by Crippen LogP contribution is -2.31. The second-order valence-electron chi connectivity index (χ2n) is 6.30. The Morgan fingerprint density at radius 2 is 1.95 bits per heavy atom. The average Bonchev–Trinajstić information content (AvgIpc) is 2.49. The van der Waals surface area contributed by atoms with Crippen molar-refractivity contribution in [2.45, 2.75) is 45.8 Å². The van der Waals surface area contributed by atoms with Crippen LogP contribution in [0.5, 0.6) is 0 Å². The highest BCUT2D eigenvalue weighted by Crippen LogP contribution is 2.23. The van der Waals surface area contributed by atoms with E-state index in [0.29, 0.717) is 12.0 Å². The van der Waals surface area contributed by atoms with Crippen molar-refractivity contribution in [3.8, 4) is 0 Å². The molecule has 1 atom stereocenters. The molecule has 1 fully saturated rings. The maximum atomic E-state index is 6.28. The number of hydrogen-bond donors (Lipinski definition) is 1. The molecule has 2 rings (SSSR count). The summed E-state index contributed by atoms with van der Waals surface area (Å²) in [6, 6.07) is 9.01. The van der Waals surface area contributed by atoms with Crippen LogP contribution in [-0.4, -0.2) is 32.4 Å². The summed E-state index contributed by atoms with van der Waals surface area (Å²) in [7, 11) is 0. The van der Waals surface area contributed by atoms with Crippen LogP contribution in [0.2, 0.25) is 0 Å². The van der Waals surface area contributed by atoms with E-state index in [4.69, 9.17) is 9.47 Å². The van der Waals surface area contributed by atoms with Crippen molar-refractivity contribution in [1.82, 2.24) is 5.32 Å². The van der Waals surface area contributed by atoms with Gasteiger partial charge in [-0.25, -0.2) is 0 Å². The fraction of sp³-hybridized carbons (Fsp3) is 0.667. The van der Waals surface area contributed by atoms with Crippen molar-refractivity contribution in [2.75, 3.05) is 26.4 Å². The Kier molecular flexibility index (Phi) is 6.68. The van der Waals surface area contributed by atoms with Gasteiger partial charge in [-0.05, 0) is 36.8 Å². The first kappa shape index (κ1) is 16.5. The Bertz CT molecular complexity index is 413. The Hall–Kier alpha value is -0.900. The zero-order valence-electron chi connectivity index (χ0n) is 13.6. The van der Waals surface area contributed by atoms with Gasteiger partial charge in [-0.2, -0.15) is 0 Å². The molecule has 0 radical (unpaired) electrons. The van der Waals surface area contributed by atoms with E-state index in [-0.39, 0.29) is 6.10 Å². The van der Waals surface area contributed by atoms with Crippen LogP contribution in [0, 0.1) is 12.8 Å². The summed E-state index contributed by atoms with van der Waals surface area (Å²) >= 11 is 0. The van der Waals surface area contributed by atoms with Gasteiger partial charge in [-0.1, -0.05) is 38.1 Å². The second kappa shape index (κ2) is 8.52. The summed E-state index contributed by atoms with van der Waals surface area (Å²) in [4.78, 5) is 0. The first-order chi connectivity index (χ1) is 10.2. The number of ether oxygens (including phenoxy) is 2. The molecule has 0 aliphatic carbocycles. The van der Waals surface area contributed by atoms with E-state index in [1.807, 2.05) is 0 Å². The molecule has 0 bridgehead atoms. The van der Waals surface area contributed by atoms with E-state index in [1.54, 1.807) is 0 Å². The number of benzene rings is 1. The summed E-state index contributed by atoms with van der Waals surface area (Å²) in [5.74, 6) is 0.643. The van der Waals surface area contributed by atoms with Crippen molar-refractivity contribution >= 4 is 0 Å². The summed E-state index contributed by atoms with van der Waals surface area (Å²) in [6.45, 7) is 9.98. The zero-order chi connectivity index (χ0) is 15.1. The van der Waals surface area contributed by atoms with E-state index < -0.39 is 0 Å². The lowest BCUT2D eigenvalue weighted by atomic mass is 10.0. The van der Waals surface area contributed by atoms with E-state index in [2.05, 4.69) is 50.4 Å². The summed E-state index contributed by atoms with van der Waals surface area (Å²) < 4.78 is 11.7. The number of rotatable bonds is 7. The Morgan fingerprint density at radius 1 is 1.24 bits per heavy atom. The van der Waals surface area contributed by atoms with Gasteiger partial charge >= 0.3 is 0 Å². The van der Waals surface area contributed by atoms with Gasteiger partial charge in [0.1, 0.15) is 0 Å². The maximum Gasteiger partial charge on any atom is 0.0951 e. The van der Waals surface area contributed by atoms with E-state index in [0.717, 1.165) is 39.2 Å². The van der Waals surface area contributed by atoms with E-state index in [1.165, 1.54) is 11.1 Å². The topological polar surface area (TPSA) is 30.5 Å². The standard InChI is InChI=1S/C18H29NO2/c1-14(2)19-12-18(17-7-5-4-6-15(17)3)21-13-16-8-10-20-11-9-16/h4-7,14,16,18-19H,8-13H2,1-3H3. The first-order valence-electron chi connectivity index (χ1n) is 8.15. The molecule has 3 heteroatoms. The fourth-order valence-corrected chi connectivity index (χ4v) is 2.71. The zero-order valence-corrected chi connectivity index (χ0v) is 13.6. The normalized spacial score (nSPS) is 18.1. The van der Waals surface area contributed by atoms with Crippen molar-refractivity contribution in [3.63, 3.8) is 0 Å². The van der Waals surface area contributed by atoms with Gasteiger partial charge < -0.3 is 14.8 Å². The Morgan fingerprint density at radius 3 is 2.62 bits per heavy atom. The molecule has 118 valence electrons. The van der Waals surface area contributed by atoms with Crippen LogP contribution in [0.1, 0.15) is 43.9 Å². The molecule has 1 aromatic carbocycles. The summed E-state index contributed by atoms with van der Waals surface area (Å²) in [5, 5.41) is 3.51. The quantitative estimate of drug-likeness (QED) is 0.834. The molecule has 3 nitrogen and oxygen atoms in total. The van der Waals surface area contributed by atoms with Crippen molar-refractivity contribution in [1.29, 1.82) is 0 Å². The maximum absolute atomic E-state index is 6.28. The molecule has 0 aromatic heterocycles.